The lowest BCUT2D eigenvalue weighted by atomic mass is 9.83. The topological polar surface area (TPSA) is 38.7 Å². The number of ketones is 1. The molecule has 4 rings (SSSR count). The highest BCUT2D eigenvalue weighted by Crippen LogP contribution is 2.34. The number of carbonyl (C=O) groups excluding carboxylic acids is 1. The van der Waals surface area contributed by atoms with E-state index >= 15 is 0 Å². The summed E-state index contributed by atoms with van der Waals surface area (Å²) < 4.78 is 0. The lowest BCUT2D eigenvalue weighted by Crippen LogP contribution is -2.30. The van der Waals surface area contributed by atoms with Crippen LogP contribution in [0.4, 0.5) is 0 Å². The number of carbonyl (C=O) groups is 1. The lowest BCUT2D eigenvalue weighted by molar-refractivity contribution is 0.0516. The molecule has 0 amide bonds. The van der Waals surface area contributed by atoms with Gasteiger partial charge in [-0.3, -0.25) is 4.79 Å². The molecule has 4 heteroatoms. The second-order valence-corrected chi connectivity index (χ2v) is 6.56. The van der Waals surface area contributed by atoms with Crippen LogP contribution in [0.3, 0.4) is 0 Å². The van der Waals surface area contributed by atoms with Crippen LogP contribution in [0.15, 0.2) is 90.1 Å². The summed E-state index contributed by atoms with van der Waals surface area (Å²) in [6, 6.07) is 26.5. The van der Waals surface area contributed by atoms with Gasteiger partial charge >= 0.3 is 0 Å². The highest BCUT2D eigenvalue weighted by molar-refractivity contribution is 6.30. The first-order valence-corrected chi connectivity index (χ1v) is 8.76. The Balaban J connectivity index is 1.74. The van der Waals surface area contributed by atoms with Crippen LogP contribution < -0.4 is 0 Å². The smallest absolute Gasteiger partial charge is 0.207 e. The molecule has 0 fully saturated rings. The number of hydrogen-bond acceptors (Lipinski definition) is 3. The van der Waals surface area contributed by atoms with E-state index < -0.39 is 6.10 Å². The third kappa shape index (κ3) is 3.14. The molecular weight excluding hydrogens is 346 g/mol. The van der Waals surface area contributed by atoms with Crippen molar-refractivity contribution in [1.29, 1.82) is 0 Å². The molecule has 0 radical (unpaired) electrons. The zero-order valence-electron chi connectivity index (χ0n) is 13.9. The number of hydrogen-bond donors (Lipinski definition) is 0. The van der Waals surface area contributed by atoms with Gasteiger partial charge in [0.1, 0.15) is 0 Å². The Kier molecular flexibility index (Phi) is 4.55. The van der Waals surface area contributed by atoms with E-state index in [-0.39, 0.29) is 11.7 Å². The van der Waals surface area contributed by atoms with Gasteiger partial charge in [-0.1, -0.05) is 89.6 Å². The van der Waals surface area contributed by atoms with Gasteiger partial charge in [0.25, 0.3) is 0 Å². The highest BCUT2D eigenvalue weighted by atomic mass is 35.5. The Morgan fingerprint density at radius 3 is 2.12 bits per heavy atom. The van der Waals surface area contributed by atoms with Crippen LogP contribution in [0.5, 0.6) is 0 Å². The summed E-state index contributed by atoms with van der Waals surface area (Å²) in [5.41, 5.74) is 3.24. The molecule has 2 atom stereocenters. The molecule has 0 aliphatic carbocycles. The van der Waals surface area contributed by atoms with Gasteiger partial charge < -0.3 is 4.84 Å². The van der Waals surface area contributed by atoms with Crippen molar-refractivity contribution in [2.45, 2.75) is 12.0 Å². The average Bonchev–Trinajstić information content (AvgIpc) is 3.14. The van der Waals surface area contributed by atoms with Crippen LogP contribution in [0.25, 0.3) is 0 Å². The van der Waals surface area contributed by atoms with Gasteiger partial charge in [0.15, 0.2) is 0 Å². The van der Waals surface area contributed by atoms with Crippen LogP contribution in [0.1, 0.15) is 27.4 Å². The van der Waals surface area contributed by atoms with Crippen LogP contribution in [-0.2, 0) is 4.84 Å². The van der Waals surface area contributed by atoms with Gasteiger partial charge in [-0.2, -0.15) is 0 Å². The maximum absolute atomic E-state index is 13.0. The fourth-order valence-corrected chi connectivity index (χ4v) is 3.31. The molecule has 0 spiro atoms. The fraction of sp³-hybridized carbons (Fsp3) is 0.0909. The van der Waals surface area contributed by atoms with E-state index in [9.17, 15) is 4.79 Å². The summed E-state index contributed by atoms with van der Waals surface area (Å²) in [6.07, 6.45) is -0.689. The number of Topliss-reactive ketones (excluding diaryl/α,β-unsaturated/α-hetero) is 1. The molecule has 3 nitrogen and oxygen atoms in total. The zero-order chi connectivity index (χ0) is 17.9. The van der Waals surface area contributed by atoms with E-state index in [0.29, 0.717) is 10.6 Å². The standard InChI is InChI=1S/C22H16ClNO2/c23-18-13-11-16(12-14-18)20-19(15-7-3-1-4-8-15)22(26-24-20)21(25)17-9-5-2-6-10-17/h1-14,19,22H/t19-,22-/m0/s1. The summed E-state index contributed by atoms with van der Waals surface area (Å²) in [4.78, 5) is 18.7. The molecule has 26 heavy (non-hydrogen) atoms. The second kappa shape index (κ2) is 7.14. The normalized spacial score (nSPS) is 18.9. The van der Waals surface area contributed by atoms with Crippen LogP contribution in [0, 0.1) is 0 Å². The van der Waals surface area contributed by atoms with Gasteiger partial charge in [-0.25, -0.2) is 0 Å². The molecule has 1 aliphatic rings. The average molecular weight is 362 g/mol. The summed E-state index contributed by atoms with van der Waals surface area (Å²) in [7, 11) is 0. The molecular formula is C22H16ClNO2. The van der Waals surface area contributed by atoms with Gasteiger partial charge in [-0.15, -0.1) is 0 Å². The first-order valence-electron chi connectivity index (χ1n) is 8.38. The van der Waals surface area contributed by atoms with Crippen molar-refractivity contribution in [2.24, 2.45) is 5.16 Å². The van der Waals surface area contributed by atoms with Crippen LogP contribution in [0.2, 0.25) is 5.02 Å². The monoisotopic (exact) mass is 361 g/mol. The zero-order valence-corrected chi connectivity index (χ0v) is 14.6. The van der Waals surface area contributed by atoms with Crippen molar-refractivity contribution in [1.82, 2.24) is 0 Å². The van der Waals surface area contributed by atoms with E-state index in [1.807, 2.05) is 72.8 Å². The lowest BCUT2D eigenvalue weighted by Gasteiger charge is -2.18. The molecule has 128 valence electrons. The fourth-order valence-electron chi connectivity index (χ4n) is 3.19. The van der Waals surface area contributed by atoms with Crippen LogP contribution >= 0.6 is 11.6 Å². The summed E-state index contributed by atoms with van der Waals surface area (Å²) in [5.74, 6) is -0.350. The predicted octanol–water partition coefficient (Wildman–Crippen LogP) is 5.11. The van der Waals surface area contributed by atoms with Gasteiger partial charge in [-0.05, 0) is 17.7 Å². The van der Waals surface area contributed by atoms with Crippen molar-refractivity contribution in [3.63, 3.8) is 0 Å². The summed E-state index contributed by atoms with van der Waals surface area (Å²) >= 11 is 6.01. The SMILES string of the molecule is O=C(c1ccccc1)[C@H]1ON=C(c2ccc(Cl)cc2)[C@@H]1c1ccccc1. The Morgan fingerprint density at radius 2 is 1.46 bits per heavy atom. The van der Waals surface area contributed by atoms with E-state index in [1.54, 1.807) is 12.1 Å². The van der Waals surface area contributed by atoms with Gasteiger partial charge in [0.05, 0.1) is 11.6 Å². The van der Waals surface area contributed by atoms with Crippen molar-refractivity contribution in [3.8, 4) is 0 Å². The minimum atomic E-state index is -0.689. The van der Waals surface area contributed by atoms with E-state index in [4.69, 9.17) is 16.4 Å². The van der Waals surface area contributed by atoms with E-state index in [1.165, 1.54) is 0 Å². The minimum absolute atomic E-state index is 0.0767. The third-order valence-electron chi connectivity index (χ3n) is 4.48. The van der Waals surface area contributed by atoms with E-state index in [2.05, 4.69) is 5.16 Å². The molecule has 0 bridgehead atoms. The Hall–Kier alpha value is -2.91. The second-order valence-electron chi connectivity index (χ2n) is 6.13. The molecule has 0 saturated carbocycles. The van der Waals surface area contributed by atoms with E-state index in [0.717, 1.165) is 16.8 Å². The molecule has 1 heterocycles. The van der Waals surface area contributed by atoms with Gasteiger partial charge in [0, 0.05) is 16.1 Å². The van der Waals surface area contributed by atoms with Crippen molar-refractivity contribution in [3.05, 3.63) is 107 Å². The molecule has 0 N–H and O–H groups in total. The summed E-state index contributed by atoms with van der Waals surface area (Å²) in [6.45, 7) is 0. The molecule has 0 unspecified atom stereocenters. The maximum atomic E-state index is 13.0. The predicted molar refractivity (Wildman–Crippen MR) is 103 cm³/mol. The summed E-state index contributed by atoms with van der Waals surface area (Å²) in [5, 5.41) is 4.93. The largest absolute Gasteiger partial charge is 0.383 e. The highest BCUT2D eigenvalue weighted by Gasteiger charge is 2.41. The quantitative estimate of drug-likeness (QED) is 0.606. The van der Waals surface area contributed by atoms with Crippen molar-refractivity contribution >= 4 is 23.1 Å². The van der Waals surface area contributed by atoms with Crippen molar-refractivity contribution < 1.29 is 9.63 Å². The molecule has 0 saturated heterocycles. The third-order valence-corrected chi connectivity index (χ3v) is 4.73. The Bertz CT molecular complexity index is 937. The number of rotatable bonds is 4. The van der Waals surface area contributed by atoms with Gasteiger partial charge in [0.2, 0.25) is 11.9 Å². The Morgan fingerprint density at radius 1 is 0.846 bits per heavy atom. The first-order chi connectivity index (χ1) is 12.7. The number of benzene rings is 3. The van der Waals surface area contributed by atoms with Crippen molar-refractivity contribution in [2.75, 3.05) is 0 Å². The molecule has 3 aromatic carbocycles. The number of halogens is 1. The Labute approximate surface area is 156 Å². The maximum Gasteiger partial charge on any atom is 0.207 e. The number of nitrogens with zero attached hydrogens (tertiary/aromatic N) is 1. The molecule has 3 aromatic rings. The first kappa shape index (κ1) is 16.6. The number of oxime groups is 1. The molecule has 0 aromatic heterocycles. The minimum Gasteiger partial charge on any atom is -0.383 e. The molecule has 1 aliphatic heterocycles. The van der Waals surface area contributed by atoms with Crippen LogP contribution in [-0.4, -0.2) is 17.6 Å².